The van der Waals surface area contributed by atoms with Gasteiger partial charge in [0.15, 0.2) is 0 Å². The van der Waals surface area contributed by atoms with E-state index in [9.17, 15) is 0 Å². The molecule has 0 radical (unpaired) electrons. The van der Waals surface area contributed by atoms with Crippen LogP contribution in [0.5, 0.6) is 11.5 Å². The maximum atomic E-state index is 7.11. The highest BCUT2D eigenvalue weighted by Gasteiger charge is 2.45. The molecule has 7 aromatic carbocycles. The highest BCUT2D eigenvalue weighted by molar-refractivity contribution is 6.14. The van der Waals surface area contributed by atoms with E-state index < -0.39 is 0 Å². The van der Waals surface area contributed by atoms with Gasteiger partial charge in [-0.1, -0.05) is 134 Å². The summed E-state index contributed by atoms with van der Waals surface area (Å²) in [6.07, 6.45) is 1.89. The van der Waals surface area contributed by atoms with Gasteiger partial charge in [-0.3, -0.25) is 9.89 Å². The van der Waals surface area contributed by atoms with E-state index in [2.05, 4.69) is 211 Å². The van der Waals surface area contributed by atoms with Crippen LogP contribution in [0, 0.1) is 41.5 Å². The number of pyridine rings is 1. The number of fused-ring (bicyclic) bond motifs is 8. The number of anilines is 4. The molecule has 0 fully saturated rings. The molecule has 0 N–H and O–H groups in total. The lowest BCUT2D eigenvalue weighted by Crippen LogP contribution is -2.35. The summed E-state index contributed by atoms with van der Waals surface area (Å²) in [6, 6.07) is 55.1. The van der Waals surface area contributed by atoms with Crippen molar-refractivity contribution in [1.29, 1.82) is 0 Å². The zero-order valence-corrected chi connectivity index (χ0v) is 37.9. The van der Waals surface area contributed by atoms with E-state index in [-0.39, 0.29) is 17.5 Å². The molecule has 8 aromatic rings. The van der Waals surface area contributed by atoms with Crippen LogP contribution in [0.4, 0.5) is 22.9 Å². The minimum absolute atomic E-state index is 0.0427. The summed E-state index contributed by atoms with van der Waals surface area (Å²) in [6.45, 7) is 17.8. The standard InChI is InChI=1S/C59H52N4O/c1-35-20-22-47-49(29-35)50-30-36(2)21-23-48(50)56-54(47)61-57(63(56)55-39(5)25-37(3)26-40(55)6)43-31-42(41-15-10-9-11-16-41)32-46(33-43)64-45-28-38(4)27-44(34-45)62-53-19-13-12-17-51(53)59(7,8)52-18-14-24-60-58(52)62/h9-34,54,56H,1-8H3/t54-,56+/m1/s1. The van der Waals surface area contributed by atoms with Crippen molar-refractivity contribution < 1.29 is 4.74 Å². The van der Waals surface area contributed by atoms with Crippen molar-refractivity contribution in [3.63, 3.8) is 0 Å². The monoisotopic (exact) mass is 832 g/mol. The first kappa shape index (κ1) is 39.6. The molecule has 2 aliphatic heterocycles. The Morgan fingerprint density at radius 2 is 1.17 bits per heavy atom. The van der Waals surface area contributed by atoms with E-state index in [4.69, 9.17) is 14.7 Å². The Hall–Kier alpha value is -7.24. The summed E-state index contributed by atoms with van der Waals surface area (Å²) < 4.78 is 7.11. The largest absolute Gasteiger partial charge is 0.457 e. The van der Waals surface area contributed by atoms with Gasteiger partial charge < -0.3 is 9.64 Å². The summed E-state index contributed by atoms with van der Waals surface area (Å²) in [7, 11) is 0. The van der Waals surface area contributed by atoms with Crippen LogP contribution in [0.15, 0.2) is 163 Å². The van der Waals surface area contributed by atoms with Gasteiger partial charge in [-0.15, -0.1) is 0 Å². The van der Waals surface area contributed by atoms with Crippen LogP contribution in [-0.2, 0) is 5.41 Å². The molecule has 314 valence electrons. The lowest BCUT2D eigenvalue weighted by atomic mass is 9.74. The smallest absolute Gasteiger partial charge is 0.141 e. The Bertz CT molecular complexity index is 3140. The lowest BCUT2D eigenvalue weighted by Gasteiger charge is -2.41. The van der Waals surface area contributed by atoms with Crippen LogP contribution in [0.3, 0.4) is 0 Å². The molecule has 64 heavy (non-hydrogen) atoms. The van der Waals surface area contributed by atoms with E-state index in [1.54, 1.807) is 0 Å². The third-order valence-corrected chi connectivity index (χ3v) is 13.6. The molecule has 0 amide bonds. The Morgan fingerprint density at radius 3 is 1.94 bits per heavy atom. The second kappa shape index (κ2) is 14.9. The topological polar surface area (TPSA) is 41.0 Å². The molecule has 5 heteroatoms. The molecule has 1 aliphatic carbocycles. The zero-order valence-electron chi connectivity index (χ0n) is 37.9. The average molecular weight is 833 g/mol. The SMILES string of the molecule is Cc1cc(Oc2cc(C3=N[C@@H]4c5ccc(C)cc5-c5cc(C)ccc5[C@@H]4N3c3c(C)cc(C)cc3C)cc(-c3ccccc3)c2)cc(N2c3ccccc3C(C)(C)c3cccnc32)c1. The first-order valence-corrected chi connectivity index (χ1v) is 22.4. The van der Waals surface area contributed by atoms with Crippen LogP contribution < -0.4 is 14.5 Å². The summed E-state index contributed by atoms with van der Waals surface area (Å²) in [5.74, 6) is 3.37. The van der Waals surface area contributed by atoms with Gasteiger partial charge in [-0.25, -0.2) is 4.98 Å². The first-order valence-electron chi connectivity index (χ1n) is 22.4. The maximum Gasteiger partial charge on any atom is 0.141 e. The number of aryl methyl sites for hydroxylation is 6. The van der Waals surface area contributed by atoms with Gasteiger partial charge in [-0.2, -0.15) is 0 Å². The molecule has 1 aromatic heterocycles. The molecule has 11 rings (SSSR count). The minimum Gasteiger partial charge on any atom is -0.457 e. The molecule has 3 aliphatic rings. The number of hydrogen-bond acceptors (Lipinski definition) is 5. The molecule has 0 bridgehead atoms. The van der Waals surface area contributed by atoms with Gasteiger partial charge >= 0.3 is 0 Å². The van der Waals surface area contributed by atoms with Crippen molar-refractivity contribution in [3.05, 3.63) is 219 Å². The highest BCUT2D eigenvalue weighted by Crippen LogP contribution is 2.56. The molecule has 0 saturated carbocycles. The molecule has 0 unspecified atom stereocenters. The van der Waals surface area contributed by atoms with Crippen molar-refractivity contribution >= 4 is 28.7 Å². The Balaban J connectivity index is 1.09. The number of nitrogens with zero attached hydrogens (tertiary/aromatic N) is 4. The highest BCUT2D eigenvalue weighted by atomic mass is 16.5. The molecule has 2 atom stereocenters. The molecule has 3 heterocycles. The number of aromatic nitrogens is 1. The number of hydrogen-bond donors (Lipinski definition) is 0. The summed E-state index contributed by atoms with van der Waals surface area (Å²) in [5.41, 5.74) is 21.2. The van der Waals surface area contributed by atoms with Gasteiger partial charge in [0.1, 0.15) is 29.2 Å². The van der Waals surface area contributed by atoms with Gasteiger partial charge in [0.25, 0.3) is 0 Å². The van der Waals surface area contributed by atoms with Gasteiger partial charge in [-0.05, 0) is 140 Å². The van der Waals surface area contributed by atoms with Crippen molar-refractivity contribution in [3.8, 4) is 33.8 Å². The number of ether oxygens (including phenoxy) is 1. The average Bonchev–Trinajstić information content (AvgIpc) is 3.66. The lowest BCUT2D eigenvalue weighted by molar-refractivity contribution is 0.482. The van der Waals surface area contributed by atoms with Crippen molar-refractivity contribution in [2.24, 2.45) is 4.99 Å². The van der Waals surface area contributed by atoms with Crippen molar-refractivity contribution in [2.75, 3.05) is 9.80 Å². The van der Waals surface area contributed by atoms with E-state index in [0.717, 1.165) is 56.8 Å². The number of amidine groups is 1. The number of para-hydroxylation sites is 1. The minimum atomic E-state index is -0.208. The van der Waals surface area contributed by atoms with Crippen molar-refractivity contribution in [2.45, 2.75) is 72.9 Å². The third kappa shape index (κ3) is 6.44. The fourth-order valence-corrected chi connectivity index (χ4v) is 10.8. The molecular weight excluding hydrogens is 781 g/mol. The van der Waals surface area contributed by atoms with E-state index in [0.29, 0.717) is 0 Å². The predicted octanol–water partition coefficient (Wildman–Crippen LogP) is 15.2. The molecule has 0 spiro atoms. The third-order valence-electron chi connectivity index (χ3n) is 13.6. The molecule has 5 nitrogen and oxygen atoms in total. The van der Waals surface area contributed by atoms with E-state index >= 15 is 0 Å². The van der Waals surface area contributed by atoms with Gasteiger partial charge in [0.2, 0.25) is 0 Å². The predicted molar refractivity (Wildman–Crippen MR) is 264 cm³/mol. The van der Waals surface area contributed by atoms with Crippen molar-refractivity contribution in [1.82, 2.24) is 4.98 Å². The second-order valence-corrected chi connectivity index (χ2v) is 18.7. The zero-order chi connectivity index (χ0) is 44.0. The fourth-order valence-electron chi connectivity index (χ4n) is 10.8. The first-order chi connectivity index (χ1) is 30.9. The van der Waals surface area contributed by atoms with Crippen LogP contribution in [0.2, 0.25) is 0 Å². The normalized spacial score (nSPS) is 16.6. The van der Waals surface area contributed by atoms with Gasteiger partial charge in [0.05, 0.1) is 17.4 Å². The van der Waals surface area contributed by atoms with E-state index in [1.165, 1.54) is 66.9 Å². The quantitative estimate of drug-likeness (QED) is 0.167. The van der Waals surface area contributed by atoms with Gasteiger partial charge in [0, 0.05) is 34.5 Å². The second-order valence-electron chi connectivity index (χ2n) is 18.7. The Labute approximate surface area is 377 Å². The molecule has 0 saturated heterocycles. The Kier molecular flexibility index (Phi) is 9.25. The van der Waals surface area contributed by atoms with Crippen LogP contribution in [0.1, 0.15) is 87.1 Å². The number of benzene rings is 7. The maximum absolute atomic E-state index is 7.11. The van der Waals surface area contributed by atoms with Crippen LogP contribution in [0.25, 0.3) is 22.3 Å². The fraction of sp³-hybridized carbons (Fsp3) is 0.186. The number of aliphatic imine (C=N–C) groups is 1. The molecular formula is C59H52N4O. The Morgan fingerprint density at radius 1 is 0.531 bits per heavy atom. The van der Waals surface area contributed by atoms with Crippen LogP contribution >= 0.6 is 0 Å². The summed E-state index contributed by atoms with van der Waals surface area (Å²) in [5, 5.41) is 0. The van der Waals surface area contributed by atoms with E-state index in [1.807, 2.05) is 12.3 Å². The number of rotatable bonds is 6. The summed E-state index contributed by atoms with van der Waals surface area (Å²) in [4.78, 5) is 15.7. The summed E-state index contributed by atoms with van der Waals surface area (Å²) >= 11 is 0. The van der Waals surface area contributed by atoms with Crippen LogP contribution in [-0.4, -0.2) is 10.8 Å².